The summed E-state index contributed by atoms with van der Waals surface area (Å²) in [6.45, 7) is 4.05. The molecule has 21 heavy (non-hydrogen) atoms. The molecule has 0 fully saturated rings. The van der Waals surface area contributed by atoms with Crippen LogP contribution in [0.25, 0.3) is 21.5 Å². The first-order chi connectivity index (χ1) is 10.1. The van der Waals surface area contributed by atoms with Gasteiger partial charge in [-0.05, 0) is 36.2 Å². The molecule has 0 saturated heterocycles. The van der Waals surface area contributed by atoms with Crippen LogP contribution in [0.4, 0.5) is 4.79 Å². The summed E-state index contributed by atoms with van der Waals surface area (Å²) in [6.07, 6.45) is -0.701. The summed E-state index contributed by atoms with van der Waals surface area (Å²) in [5.74, 6) is 0.562. The summed E-state index contributed by atoms with van der Waals surface area (Å²) in [6, 6.07) is 14.2. The highest BCUT2D eigenvalue weighted by Gasteiger charge is 2.14. The third-order valence-electron chi connectivity index (χ3n) is 3.65. The molecule has 0 aliphatic carbocycles. The molecule has 3 nitrogen and oxygen atoms in total. The van der Waals surface area contributed by atoms with E-state index in [0.29, 0.717) is 5.75 Å². The van der Waals surface area contributed by atoms with Gasteiger partial charge < -0.3 is 9.47 Å². The second-order valence-corrected chi connectivity index (χ2v) is 5.16. The molecule has 0 unspecified atom stereocenters. The van der Waals surface area contributed by atoms with Crippen LogP contribution in [0, 0.1) is 13.8 Å². The van der Waals surface area contributed by atoms with E-state index in [-0.39, 0.29) is 0 Å². The van der Waals surface area contributed by atoms with Crippen molar-refractivity contribution in [3.8, 4) is 5.75 Å². The zero-order chi connectivity index (χ0) is 15.0. The van der Waals surface area contributed by atoms with Gasteiger partial charge >= 0.3 is 6.16 Å². The molecular weight excluding hydrogens is 264 g/mol. The van der Waals surface area contributed by atoms with Crippen LogP contribution in [0.15, 0.2) is 42.5 Å². The first-order valence-electron chi connectivity index (χ1n) is 6.78. The topological polar surface area (TPSA) is 35.5 Å². The zero-order valence-electron chi connectivity index (χ0n) is 12.3. The van der Waals surface area contributed by atoms with Crippen molar-refractivity contribution < 1.29 is 14.3 Å². The fraction of sp³-hybridized carbons (Fsp3) is 0.167. The van der Waals surface area contributed by atoms with E-state index >= 15 is 0 Å². The maximum atomic E-state index is 11.6. The van der Waals surface area contributed by atoms with E-state index < -0.39 is 6.16 Å². The smallest absolute Gasteiger partial charge is 0.437 e. The Kier molecular flexibility index (Phi) is 3.26. The van der Waals surface area contributed by atoms with Gasteiger partial charge in [-0.3, -0.25) is 0 Å². The lowest BCUT2D eigenvalue weighted by Crippen LogP contribution is -2.08. The molecule has 0 N–H and O–H groups in total. The second-order valence-electron chi connectivity index (χ2n) is 5.16. The summed E-state index contributed by atoms with van der Waals surface area (Å²) >= 11 is 0. The molecule has 0 radical (unpaired) electrons. The fourth-order valence-electron chi connectivity index (χ4n) is 2.66. The quantitative estimate of drug-likeness (QED) is 0.366. The van der Waals surface area contributed by atoms with E-state index in [9.17, 15) is 4.79 Å². The molecule has 0 spiro atoms. The molecule has 106 valence electrons. The predicted octanol–water partition coefficient (Wildman–Crippen LogP) is 4.76. The summed E-state index contributed by atoms with van der Waals surface area (Å²) in [5, 5.41) is 3.95. The van der Waals surface area contributed by atoms with Crippen molar-refractivity contribution >= 4 is 27.7 Å². The van der Waals surface area contributed by atoms with Crippen LogP contribution >= 0.6 is 0 Å². The minimum absolute atomic E-state index is 0.562. The predicted molar refractivity (Wildman–Crippen MR) is 84.0 cm³/mol. The molecule has 0 heterocycles. The standard InChI is InChI=1S/C18H16O3/c1-11-7-8-15-14(9-11)10-13-6-4-5-12(2)16(13)17(15)21-18(19)20-3/h4-10H,1-3H3. The van der Waals surface area contributed by atoms with E-state index in [1.807, 2.05) is 44.2 Å². The van der Waals surface area contributed by atoms with Crippen LogP contribution in [0.3, 0.4) is 0 Å². The number of hydrogen-bond donors (Lipinski definition) is 0. The molecule has 0 saturated carbocycles. The minimum atomic E-state index is -0.701. The van der Waals surface area contributed by atoms with Gasteiger partial charge in [0.1, 0.15) is 5.75 Å². The van der Waals surface area contributed by atoms with Gasteiger partial charge in [0.15, 0.2) is 0 Å². The third-order valence-corrected chi connectivity index (χ3v) is 3.65. The Morgan fingerprint density at radius 2 is 1.81 bits per heavy atom. The summed E-state index contributed by atoms with van der Waals surface area (Å²) in [4.78, 5) is 11.6. The van der Waals surface area contributed by atoms with Gasteiger partial charge in [0.25, 0.3) is 0 Å². The molecule has 0 atom stereocenters. The molecule has 3 aromatic rings. The van der Waals surface area contributed by atoms with E-state index in [4.69, 9.17) is 4.74 Å². The Morgan fingerprint density at radius 3 is 2.57 bits per heavy atom. The number of fused-ring (bicyclic) bond motifs is 2. The highest BCUT2D eigenvalue weighted by molar-refractivity contribution is 6.07. The Labute approximate surface area is 123 Å². The SMILES string of the molecule is COC(=O)Oc1c2ccc(C)cc2cc2cccc(C)c12. The van der Waals surface area contributed by atoms with Crippen molar-refractivity contribution in [1.82, 2.24) is 0 Å². The van der Waals surface area contributed by atoms with Gasteiger partial charge in [-0.15, -0.1) is 0 Å². The van der Waals surface area contributed by atoms with Gasteiger partial charge in [0.2, 0.25) is 0 Å². The Bertz CT molecular complexity index is 849. The van der Waals surface area contributed by atoms with Crippen LogP contribution in [0.2, 0.25) is 0 Å². The van der Waals surface area contributed by atoms with Gasteiger partial charge in [0, 0.05) is 10.8 Å². The van der Waals surface area contributed by atoms with E-state index in [1.165, 1.54) is 12.7 Å². The third kappa shape index (κ3) is 2.31. The van der Waals surface area contributed by atoms with Crippen molar-refractivity contribution in [3.05, 3.63) is 53.6 Å². The van der Waals surface area contributed by atoms with Gasteiger partial charge in [-0.1, -0.05) is 42.0 Å². The zero-order valence-corrected chi connectivity index (χ0v) is 12.3. The number of hydrogen-bond acceptors (Lipinski definition) is 3. The normalized spacial score (nSPS) is 10.8. The van der Waals surface area contributed by atoms with Crippen molar-refractivity contribution in [1.29, 1.82) is 0 Å². The molecule has 0 amide bonds. The molecule has 3 aromatic carbocycles. The Balaban J connectivity index is 2.42. The van der Waals surface area contributed by atoms with Crippen molar-refractivity contribution in [2.45, 2.75) is 13.8 Å². The number of carbonyl (C=O) groups is 1. The van der Waals surface area contributed by atoms with E-state index in [0.717, 1.165) is 27.1 Å². The lowest BCUT2D eigenvalue weighted by atomic mass is 9.98. The highest BCUT2D eigenvalue weighted by atomic mass is 16.7. The molecule has 0 aliphatic heterocycles. The Morgan fingerprint density at radius 1 is 1.00 bits per heavy atom. The number of benzene rings is 3. The van der Waals surface area contributed by atoms with Crippen molar-refractivity contribution in [2.75, 3.05) is 7.11 Å². The lowest BCUT2D eigenvalue weighted by molar-refractivity contribution is 0.122. The summed E-state index contributed by atoms with van der Waals surface area (Å²) in [5.41, 5.74) is 2.23. The van der Waals surface area contributed by atoms with Crippen molar-refractivity contribution in [3.63, 3.8) is 0 Å². The van der Waals surface area contributed by atoms with Crippen LogP contribution < -0.4 is 4.74 Å². The second kappa shape index (κ2) is 5.09. The van der Waals surface area contributed by atoms with Gasteiger partial charge in [-0.25, -0.2) is 4.79 Å². The lowest BCUT2D eigenvalue weighted by Gasteiger charge is -2.13. The molecular formula is C18H16O3. The minimum Gasteiger partial charge on any atom is -0.437 e. The first kappa shape index (κ1) is 13.4. The highest BCUT2D eigenvalue weighted by Crippen LogP contribution is 2.37. The van der Waals surface area contributed by atoms with E-state index in [2.05, 4.69) is 16.9 Å². The van der Waals surface area contributed by atoms with Crippen molar-refractivity contribution in [2.24, 2.45) is 0 Å². The number of rotatable bonds is 1. The van der Waals surface area contributed by atoms with Crippen LogP contribution in [0.1, 0.15) is 11.1 Å². The number of ether oxygens (including phenoxy) is 2. The monoisotopic (exact) mass is 280 g/mol. The number of methoxy groups -OCH3 is 1. The van der Waals surface area contributed by atoms with Gasteiger partial charge in [-0.2, -0.15) is 0 Å². The fourth-order valence-corrected chi connectivity index (χ4v) is 2.66. The first-order valence-corrected chi connectivity index (χ1v) is 6.78. The molecule has 0 aliphatic rings. The van der Waals surface area contributed by atoms with Crippen LogP contribution in [-0.2, 0) is 4.74 Å². The molecule has 3 rings (SSSR count). The van der Waals surface area contributed by atoms with Crippen LogP contribution in [0.5, 0.6) is 5.75 Å². The Hall–Kier alpha value is -2.55. The molecule has 0 aromatic heterocycles. The van der Waals surface area contributed by atoms with Crippen LogP contribution in [-0.4, -0.2) is 13.3 Å². The summed E-state index contributed by atoms with van der Waals surface area (Å²) < 4.78 is 10.1. The molecule has 0 bridgehead atoms. The maximum Gasteiger partial charge on any atom is 0.513 e. The number of aryl methyl sites for hydroxylation is 2. The average molecular weight is 280 g/mol. The number of carbonyl (C=O) groups excluding carboxylic acids is 1. The van der Waals surface area contributed by atoms with E-state index in [1.54, 1.807) is 0 Å². The molecule has 3 heteroatoms. The van der Waals surface area contributed by atoms with Gasteiger partial charge in [0.05, 0.1) is 7.11 Å². The maximum absolute atomic E-state index is 11.6. The average Bonchev–Trinajstić information content (AvgIpc) is 2.46. The summed E-state index contributed by atoms with van der Waals surface area (Å²) in [7, 11) is 1.31. The largest absolute Gasteiger partial charge is 0.513 e.